The monoisotopic (exact) mass is 224 g/mol. The van der Waals surface area contributed by atoms with Gasteiger partial charge in [-0.2, -0.15) is 0 Å². The largest absolute Gasteiger partial charge is 0.360 e. The van der Waals surface area contributed by atoms with E-state index in [0.717, 1.165) is 6.04 Å². The number of unbranched alkanes of at least 4 members (excludes halogenated alkanes) is 5. The summed E-state index contributed by atoms with van der Waals surface area (Å²) in [7, 11) is -3.32. The van der Waals surface area contributed by atoms with Gasteiger partial charge in [0.1, 0.15) is 0 Å². The van der Waals surface area contributed by atoms with E-state index in [2.05, 4.69) is 6.92 Å². The molecule has 1 N–H and O–H groups in total. The molecule has 0 radical (unpaired) electrons. The van der Waals surface area contributed by atoms with Gasteiger partial charge < -0.3 is 9.11 Å². The Balaban J connectivity index is 2.87. The summed E-state index contributed by atoms with van der Waals surface area (Å²) in [6.07, 6.45) is 7.67. The van der Waals surface area contributed by atoms with Crippen molar-refractivity contribution < 1.29 is 13.7 Å². The van der Waals surface area contributed by atoms with Gasteiger partial charge in [0.25, 0.3) is 0 Å². The second-order valence-electron chi connectivity index (χ2n) is 3.24. The van der Waals surface area contributed by atoms with E-state index in [1.165, 1.54) is 38.5 Å². The zero-order valence-corrected chi connectivity index (χ0v) is 10.8. The van der Waals surface area contributed by atoms with E-state index in [0.29, 0.717) is 0 Å². The lowest BCUT2D eigenvalue weighted by Crippen LogP contribution is -1.90. The number of hydrogen-bond donors (Lipinski definition) is 1. The summed E-state index contributed by atoms with van der Waals surface area (Å²) in [5, 5.41) is 0. The quantitative estimate of drug-likeness (QED) is 0.371. The van der Waals surface area contributed by atoms with Crippen molar-refractivity contribution in [3.05, 3.63) is 0 Å². The summed E-state index contributed by atoms with van der Waals surface area (Å²) in [6.45, 7) is 2.21. The van der Waals surface area contributed by atoms with Crippen LogP contribution in [0.5, 0.6) is 0 Å². The lowest BCUT2D eigenvalue weighted by atomic mass is 10.1. The molecule has 80 valence electrons. The first-order valence-electron chi connectivity index (χ1n) is 5.13. The Morgan fingerprint density at radius 1 is 1.23 bits per heavy atom. The molecule has 0 aliphatic rings. The van der Waals surface area contributed by atoms with Crippen molar-refractivity contribution in [2.24, 2.45) is 0 Å². The SMILES string of the molecule is CCCCCCCC[SiH2]O[PH](=O)O. The Labute approximate surface area is 83.8 Å². The van der Waals surface area contributed by atoms with E-state index in [4.69, 9.17) is 9.11 Å². The van der Waals surface area contributed by atoms with Gasteiger partial charge in [0, 0.05) is 0 Å². The van der Waals surface area contributed by atoms with Crippen molar-refractivity contribution in [2.45, 2.75) is 51.5 Å². The molecule has 0 bridgehead atoms. The maximum atomic E-state index is 10.2. The standard InChI is InChI=1S/C8H21O3PSi/c1-2-3-4-5-6-7-8-13-11-12(9)10/h12H,2-8,13H2,1H3,(H,9,10). The van der Waals surface area contributed by atoms with Crippen LogP contribution in [0.25, 0.3) is 0 Å². The molecule has 0 saturated heterocycles. The van der Waals surface area contributed by atoms with Gasteiger partial charge in [0.2, 0.25) is 0 Å². The second-order valence-corrected chi connectivity index (χ2v) is 6.04. The predicted octanol–water partition coefficient (Wildman–Crippen LogP) is 2.25. The second kappa shape index (κ2) is 10.4. The average molecular weight is 224 g/mol. The van der Waals surface area contributed by atoms with Crippen LogP contribution in [0.4, 0.5) is 0 Å². The molecule has 1 unspecified atom stereocenters. The minimum atomic E-state index is -2.62. The van der Waals surface area contributed by atoms with E-state index < -0.39 is 18.0 Å². The third kappa shape index (κ3) is 12.4. The van der Waals surface area contributed by atoms with E-state index >= 15 is 0 Å². The van der Waals surface area contributed by atoms with E-state index in [9.17, 15) is 4.57 Å². The van der Waals surface area contributed by atoms with E-state index in [1.54, 1.807) is 0 Å². The Kier molecular flexibility index (Phi) is 10.7. The minimum absolute atomic E-state index is 0.693. The fourth-order valence-electron chi connectivity index (χ4n) is 1.22. The van der Waals surface area contributed by atoms with Crippen LogP contribution in [0.2, 0.25) is 6.04 Å². The molecular formula is C8H21O3PSi. The first-order valence-corrected chi connectivity index (χ1v) is 7.97. The molecule has 0 spiro atoms. The molecule has 1 atom stereocenters. The molecule has 0 rings (SSSR count). The summed E-state index contributed by atoms with van der Waals surface area (Å²) in [5.74, 6) is 0. The lowest BCUT2D eigenvalue weighted by Gasteiger charge is -2.00. The summed E-state index contributed by atoms with van der Waals surface area (Å²) in [4.78, 5) is 8.38. The molecule has 0 aromatic carbocycles. The van der Waals surface area contributed by atoms with Crippen LogP contribution in [-0.2, 0) is 8.78 Å². The van der Waals surface area contributed by atoms with Crippen LogP contribution < -0.4 is 0 Å². The summed E-state index contributed by atoms with van der Waals surface area (Å²) in [5.41, 5.74) is 0. The summed E-state index contributed by atoms with van der Waals surface area (Å²) in [6, 6.07) is 1.04. The molecule has 0 amide bonds. The Bertz CT molecular complexity index is 133. The van der Waals surface area contributed by atoms with Crippen LogP contribution in [0, 0.1) is 0 Å². The zero-order valence-electron chi connectivity index (χ0n) is 8.42. The molecule has 0 heterocycles. The highest BCUT2D eigenvalue weighted by Crippen LogP contribution is 2.14. The molecule has 0 aliphatic heterocycles. The molecule has 13 heavy (non-hydrogen) atoms. The average Bonchev–Trinajstić information content (AvgIpc) is 2.09. The van der Waals surface area contributed by atoms with E-state index in [1.807, 2.05) is 0 Å². The van der Waals surface area contributed by atoms with Gasteiger partial charge >= 0.3 is 8.25 Å². The zero-order chi connectivity index (χ0) is 9.94. The molecule has 5 heteroatoms. The lowest BCUT2D eigenvalue weighted by molar-refractivity contribution is 0.418. The third-order valence-electron chi connectivity index (χ3n) is 1.97. The van der Waals surface area contributed by atoms with E-state index in [-0.39, 0.29) is 0 Å². The van der Waals surface area contributed by atoms with Gasteiger partial charge in [0.05, 0.1) is 0 Å². The minimum Gasteiger partial charge on any atom is -0.360 e. The van der Waals surface area contributed by atoms with Gasteiger partial charge in [-0.05, 0) is 6.04 Å². The molecule has 0 aromatic rings. The van der Waals surface area contributed by atoms with Crippen molar-refractivity contribution in [3.8, 4) is 0 Å². The maximum absolute atomic E-state index is 10.2. The Morgan fingerprint density at radius 2 is 1.85 bits per heavy atom. The first kappa shape index (κ1) is 13.4. The third-order valence-corrected chi connectivity index (χ3v) is 4.57. The summed E-state index contributed by atoms with van der Waals surface area (Å²) >= 11 is 0. The van der Waals surface area contributed by atoms with Crippen LogP contribution >= 0.6 is 8.25 Å². The maximum Gasteiger partial charge on any atom is 0.306 e. The van der Waals surface area contributed by atoms with Crippen LogP contribution in [0.15, 0.2) is 0 Å². The molecule has 0 aromatic heterocycles. The van der Waals surface area contributed by atoms with Gasteiger partial charge in [-0.1, -0.05) is 45.4 Å². The smallest absolute Gasteiger partial charge is 0.306 e. The Morgan fingerprint density at radius 3 is 2.46 bits per heavy atom. The van der Waals surface area contributed by atoms with Gasteiger partial charge in [-0.3, -0.25) is 4.57 Å². The number of hydrogen-bond acceptors (Lipinski definition) is 2. The first-order chi connectivity index (χ1) is 6.27. The fourth-order valence-corrected chi connectivity index (χ4v) is 3.05. The van der Waals surface area contributed by atoms with Crippen molar-refractivity contribution in [2.75, 3.05) is 0 Å². The van der Waals surface area contributed by atoms with Crippen molar-refractivity contribution in [3.63, 3.8) is 0 Å². The normalized spacial score (nSPS) is 14.0. The van der Waals surface area contributed by atoms with Crippen LogP contribution in [-0.4, -0.2) is 14.7 Å². The highest BCUT2D eigenvalue weighted by molar-refractivity contribution is 7.33. The highest BCUT2D eigenvalue weighted by atomic mass is 31.1. The molecule has 0 fully saturated rings. The highest BCUT2D eigenvalue weighted by Gasteiger charge is 1.94. The van der Waals surface area contributed by atoms with Crippen LogP contribution in [0.1, 0.15) is 45.4 Å². The fraction of sp³-hybridized carbons (Fsp3) is 1.00. The van der Waals surface area contributed by atoms with Crippen molar-refractivity contribution in [1.29, 1.82) is 0 Å². The summed E-state index contributed by atoms with van der Waals surface area (Å²) < 4.78 is 14.9. The molecule has 0 saturated carbocycles. The Hall–Kier alpha value is 0.367. The molecular weight excluding hydrogens is 203 g/mol. The predicted molar refractivity (Wildman–Crippen MR) is 59.0 cm³/mol. The van der Waals surface area contributed by atoms with Crippen LogP contribution in [0.3, 0.4) is 0 Å². The van der Waals surface area contributed by atoms with Gasteiger partial charge in [-0.15, -0.1) is 0 Å². The number of rotatable bonds is 9. The van der Waals surface area contributed by atoms with Gasteiger partial charge in [0.15, 0.2) is 9.76 Å². The van der Waals surface area contributed by atoms with Gasteiger partial charge in [-0.25, -0.2) is 0 Å². The molecule has 0 aliphatic carbocycles. The van der Waals surface area contributed by atoms with Crippen molar-refractivity contribution in [1.82, 2.24) is 0 Å². The molecule has 3 nitrogen and oxygen atoms in total. The topological polar surface area (TPSA) is 46.5 Å². The van der Waals surface area contributed by atoms with Crippen molar-refractivity contribution >= 4 is 18.0 Å².